The molecule has 0 saturated heterocycles. The zero-order valence-electron chi connectivity index (χ0n) is 9.14. The maximum absolute atomic E-state index is 11.7. The number of hydrogen-bond donors (Lipinski definition) is 0. The van der Waals surface area contributed by atoms with Crippen LogP contribution in [-0.2, 0) is 16.1 Å². The van der Waals surface area contributed by atoms with Crippen LogP contribution >= 0.6 is 15.9 Å². The van der Waals surface area contributed by atoms with E-state index in [9.17, 15) is 9.59 Å². The first-order valence-corrected chi connectivity index (χ1v) is 5.77. The van der Waals surface area contributed by atoms with Gasteiger partial charge in [0.1, 0.15) is 6.54 Å². The highest BCUT2D eigenvalue weighted by Gasteiger charge is 2.08. The molecule has 0 spiro atoms. The van der Waals surface area contributed by atoms with Crippen LogP contribution in [-0.4, -0.2) is 17.6 Å². The first-order valence-electron chi connectivity index (χ1n) is 4.98. The molecular weight excluding hydrogens is 286 g/mol. The van der Waals surface area contributed by atoms with Gasteiger partial charge in [-0.3, -0.25) is 14.2 Å². The Hall–Kier alpha value is -1.62. The molecule has 0 amide bonds. The highest BCUT2D eigenvalue weighted by molar-refractivity contribution is 9.10. The van der Waals surface area contributed by atoms with E-state index in [1.165, 1.54) is 17.7 Å². The van der Waals surface area contributed by atoms with Crippen LogP contribution in [0.4, 0.5) is 0 Å². The Morgan fingerprint density at radius 3 is 2.76 bits per heavy atom. The number of halogens is 1. The SMILES string of the molecule is COC(=O)Cn1c(=O)ccc2ccc(Br)cc21. The van der Waals surface area contributed by atoms with Gasteiger partial charge in [-0.15, -0.1) is 0 Å². The van der Waals surface area contributed by atoms with E-state index in [2.05, 4.69) is 20.7 Å². The minimum atomic E-state index is -0.445. The second-order valence-electron chi connectivity index (χ2n) is 3.54. The number of carbonyl (C=O) groups excluding carboxylic acids is 1. The number of methoxy groups -OCH3 is 1. The summed E-state index contributed by atoms with van der Waals surface area (Å²) in [5.74, 6) is -0.445. The summed E-state index contributed by atoms with van der Waals surface area (Å²) in [7, 11) is 1.30. The largest absolute Gasteiger partial charge is 0.468 e. The molecule has 0 aliphatic rings. The summed E-state index contributed by atoms with van der Waals surface area (Å²) < 4.78 is 6.83. The lowest BCUT2D eigenvalue weighted by atomic mass is 10.2. The molecule has 4 nitrogen and oxygen atoms in total. The van der Waals surface area contributed by atoms with Gasteiger partial charge in [0.15, 0.2) is 0 Å². The van der Waals surface area contributed by atoms with Gasteiger partial charge in [0.25, 0.3) is 5.56 Å². The molecule has 17 heavy (non-hydrogen) atoms. The zero-order chi connectivity index (χ0) is 12.4. The molecule has 0 fully saturated rings. The minimum Gasteiger partial charge on any atom is -0.468 e. The fraction of sp³-hybridized carbons (Fsp3) is 0.167. The number of rotatable bonds is 2. The number of fused-ring (bicyclic) bond motifs is 1. The molecule has 1 aromatic carbocycles. The van der Waals surface area contributed by atoms with Crippen molar-refractivity contribution in [2.45, 2.75) is 6.54 Å². The standard InChI is InChI=1S/C12H10BrNO3/c1-17-12(16)7-14-10-6-9(13)4-2-8(10)3-5-11(14)15/h2-6H,7H2,1H3. The Balaban J connectivity index is 2.66. The fourth-order valence-electron chi connectivity index (χ4n) is 1.62. The van der Waals surface area contributed by atoms with E-state index in [4.69, 9.17) is 0 Å². The van der Waals surface area contributed by atoms with Crippen molar-refractivity contribution in [2.75, 3.05) is 7.11 Å². The van der Waals surface area contributed by atoms with Gasteiger partial charge < -0.3 is 4.74 Å². The van der Waals surface area contributed by atoms with E-state index in [0.717, 1.165) is 9.86 Å². The Bertz CT molecular complexity index is 633. The van der Waals surface area contributed by atoms with Gasteiger partial charge in [0.05, 0.1) is 12.6 Å². The Morgan fingerprint density at radius 1 is 1.35 bits per heavy atom. The average molecular weight is 296 g/mol. The van der Waals surface area contributed by atoms with Crippen molar-refractivity contribution >= 4 is 32.8 Å². The molecule has 0 N–H and O–H groups in total. The number of carbonyl (C=O) groups is 1. The molecule has 1 heterocycles. The number of benzene rings is 1. The number of pyridine rings is 1. The predicted octanol–water partition coefficient (Wildman–Crippen LogP) is 1.94. The molecule has 88 valence electrons. The average Bonchev–Trinajstić information content (AvgIpc) is 2.32. The minimum absolute atomic E-state index is 0.0802. The van der Waals surface area contributed by atoms with Gasteiger partial charge in [-0.2, -0.15) is 0 Å². The summed E-state index contributed by atoms with van der Waals surface area (Å²) in [5, 5.41) is 0.900. The lowest BCUT2D eigenvalue weighted by molar-refractivity contribution is -0.141. The van der Waals surface area contributed by atoms with E-state index in [-0.39, 0.29) is 12.1 Å². The normalized spacial score (nSPS) is 10.5. The monoisotopic (exact) mass is 295 g/mol. The topological polar surface area (TPSA) is 48.3 Å². The summed E-state index contributed by atoms with van der Waals surface area (Å²) in [4.78, 5) is 23.0. The van der Waals surface area contributed by atoms with Crippen molar-refractivity contribution in [1.29, 1.82) is 0 Å². The molecule has 2 aromatic rings. The lowest BCUT2D eigenvalue weighted by Crippen LogP contribution is -2.24. The summed E-state index contributed by atoms with van der Waals surface area (Å²) in [6.45, 7) is -0.0802. The van der Waals surface area contributed by atoms with Crippen molar-refractivity contribution < 1.29 is 9.53 Å². The van der Waals surface area contributed by atoms with Crippen LogP contribution in [0.1, 0.15) is 0 Å². The molecule has 0 bridgehead atoms. The third-order valence-electron chi connectivity index (χ3n) is 2.47. The molecule has 0 atom stereocenters. The molecule has 0 aliphatic carbocycles. The fourth-order valence-corrected chi connectivity index (χ4v) is 1.97. The smallest absolute Gasteiger partial charge is 0.325 e. The third-order valence-corrected chi connectivity index (χ3v) is 2.96. The molecule has 2 rings (SSSR count). The summed E-state index contributed by atoms with van der Waals surface area (Å²) in [6.07, 6.45) is 0. The number of nitrogens with zero attached hydrogens (tertiary/aromatic N) is 1. The van der Waals surface area contributed by atoms with Gasteiger partial charge in [-0.25, -0.2) is 0 Å². The molecule has 1 aromatic heterocycles. The first kappa shape index (κ1) is 11.9. The van der Waals surface area contributed by atoms with Crippen LogP contribution in [0.15, 0.2) is 39.6 Å². The van der Waals surface area contributed by atoms with E-state index in [0.29, 0.717) is 5.52 Å². The van der Waals surface area contributed by atoms with E-state index in [1.54, 1.807) is 12.1 Å². The lowest BCUT2D eigenvalue weighted by Gasteiger charge is -2.08. The molecule has 0 saturated carbocycles. The number of hydrogen-bond acceptors (Lipinski definition) is 3. The molecule has 0 unspecified atom stereocenters. The summed E-state index contributed by atoms with van der Waals surface area (Å²) >= 11 is 3.34. The quantitative estimate of drug-likeness (QED) is 0.796. The highest BCUT2D eigenvalue weighted by atomic mass is 79.9. The number of ether oxygens (including phenoxy) is 1. The van der Waals surface area contributed by atoms with E-state index >= 15 is 0 Å². The molecule has 5 heteroatoms. The highest BCUT2D eigenvalue weighted by Crippen LogP contribution is 2.18. The van der Waals surface area contributed by atoms with Crippen LogP contribution in [0.5, 0.6) is 0 Å². The van der Waals surface area contributed by atoms with Crippen molar-refractivity contribution in [3.05, 3.63) is 45.2 Å². The zero-order valence-corrected chi connectivity index (χ0v) is 10.7. The Labute approximate surface area is 106 Å². The van der Waals surface area contributed by atoms with Crippen LogP contribution in [0, 0.1) is 0 Å². The van der Waals surface area contributed by atoms with Crippen molar-refractivity contribution in [1.82, 2.24) is 4.57 Å². The van der Waals surface area contributed by atoms with Crippen LogP contribution in [0.3, 0.4) is 0 Å². The summed E-state index contributed by atoms with van der Waals surface area (Å²) in [5.41, 5.74) is 0.485. The van der Waals surface area contributed by atoms with Crippen LogP contribution in [0.25, 0.3) is 10.9 Å². The second-order valence-corrected chi connectivity index (χ2v) is 4.45. The van der Waals surface area contributed by atoms with E-state index in [1.807, 2.05) is 12.1 Å². The third kappa shape index (κ3) is 2.39. The van der Waals surface area contributed by atoms with E-state index < -0.39 is 5.97 Å². The van der Waals surface area contributed by atoms with Gasteiger partial charge in [-0.05, 0) is 23.6 Å². The van der Waals surface area contributed by atoms with Gasteiger partial charge in [-0.1, -0.05) is 22.0 Å². The number of esters is 1. The van der Waals surface area contributed by atoms with Crippen molar-refractivity contribution in [3.8, 4) is 0 Å². The molecule has 0 aliphatic heterocycles. The predicted molar refractivity (Wildman–Crippen MR) is 67.9 cm³/mol. The van der Waals surface area contributed by atoms with Crippen LogP contribution in [0.2, 0.25) is 0 Å². The molecule has 0 radical (unpaired) electrons. The van der Waals surface area contributed by atoms with Crippen molar-refractivity contribution in [3.63, 3.8) is 0 Å². The maximum Gasteiger partial charge on any atom is 0.325 e. The Kier molecular flexibility index (Phi) is 3.28. The second kappa shape index (κ2) is 4.71. The molecular formula is C12H10BrNO3. The number of aromatic nitrogens is 1. The van der Waals surface area contributed by atoms with Crippen molar-refractivity contribution in [2.24, 2.45) is 0 Å². The van der Waals surface area contributed by atoms with Gasteiger partial charge in [0, 0.05) is 10.5 Å². The Morgan fingerprint density at radius 2 is 2.06 bits per heavy atom. The van der Waals surface area contributed by atoms with Gasteiger partial charge >= 0.3 is 5.97 Å². The van der Waals surface area contributed by atoms with Gasteiger partial charge in [0.2, 0.25) is 0 Å². The first-order chi connectivity index (χ1) is 8.11. The summed E-state index contributed by atoms with van der Waals surface area (Å²) in [6, 6.07) is 8.75. The van der Waals surface area contributed by atoms with Crippen LogP contribution < -0.4 is 5.56 Å². The maximum atomic E-state index is 11.7.